The van der Waals surface area contributed by atoms with E-state index in [0.29, 0.717) is 0 Å². The Morgan fingerprint density at radius 2 is 2.25 bits per heavy atom. The third-order valence-electron chi connectivity index (χ3n) is 1.35. The first kappa shape index (κ1) is 8.99. The first-order valence-electron chi connectivity index (χ1n) is 3.13. The van der Waals surface area contributed by atoms with Crippen molar-refractivity contribution in [1.29, 1.82) is 0 Å². The molecule has 1 aromatic rings. The van der Waals surface area contributed by atoms with Crippen LogP contribution in [0.4, 0.5) is 10.1 Å². The van der Waals surface area contributed by atoms with Crippen molar-refractivity contribution in [3.8, 4) is 0 Å². The molecule has 3 nitrogen and oxygen atoms in total. The number of nitrogens with zero attached hydrogens (tertiary/aromatic N) is 1. The minimum absolute atomic E-state index is 0.0856. The maximum absolute atomic E-state index is 12.9. The molecule has 0 unspecified atom stereocenters. The number of nitro benzene ring substituents is 1. The van der Waals surface area contributed by atoms with Gasteiger partial charge >= 0.3 is 0 Å². The summed E-state index contributed by atoms with van der Waals surface area (Å²) in [5.41, 5.74) is -0.178. The number of nitro groups is 1. The molecule has 64 valence electrons. The van der Waals surface area contributed by atoms with Crippen molar-refractivity contribution in [1.82, 2.24) is 0 Å². The van der Waals surface area contributed by atoms with Gasteiger partial charge in [0, 0.05) is 6.07 Å². The first-order chi connectivity index (χ1) is 5.66. The Morgan fingerprint density at radius 3 is 2.67 bits per heavy atom. The van der Waals surface area contributed by atoms with Crippen molar-refractivity contribution >= 4 is 17.4 Å². The fraction of sp³-hybridized carbons (Fsp3) is 0.143. The van der Waals surface area contributed by atoms with Gasteiger partial charge in [-0.15, -0.1) is 11.8 Å². The lowest BCUT2D eigenvalue weighted by molar-refractivity contribution is -0.388. The van der Waals surface area contributed by atoms with Crippen LogP contribution >= 0.6 is 11.8 Å². The number of hydrogen-bond acceptors (Lipinski definition) is 3. The van der Waals surface area contributed by atoms with Crippen LogP contribution < -0.4 is 0 Å². The highest BCUT2D eigenvalue weighted by molar-refractivity contribution is 7.98. The predicted molar refractivity (Wildman–Crippen MR) is 44.8 cm³/mol. The van der Waals surface area contributed by atoms with Gasteiger partial charge in [0.25, 0.3) is 5.69 Å². The van der Waals surface area contributed by atoms with E-state index in [2.05, 4.69) is 0 Å². The molecular formula is C7H6FNO2S. The average Bonchev–Trinajstić information content (AvgIpc) is 2.03. The van der Waals surface area contributed by atoms with E-state index in [-0.39, 0.29) is 10.6 Å². The summed E-state index contributed by atoms with van der Waals surface area (Å²) in [6.07, 6.45) is 1.60. The van der Waals surface area contributed by atoms with Gasteiger partial charge < -0.3 is 0 Å². The Bertz CT molecular complexity index is 316. The molecule has 0 aliphatic carbocycles. The molecule has 0 saturated heterocycles. The van der Waals surface area contributed by atoms with Crippen molar-refractivity contribution in [2.75, 3.05) is 6.26 Å². The van der Waals surface area contributed by atoms with E-state index < -0.39 is 10.7 Å². The second kappa shape index (κ2) is 3.53. The van der Waals surface area contributed by atoms with Crippen LogP contribution in [0.5, 0.6) is 0 Å². The largest absolute Gasteiger partial charge is 0.285 e. The second-order valence-electron chi connectivity index (χ2n) is 2.05. The molecule has 0 aromatic heterocycles. The van der Waals surface area contributed by atoms with E-state index >= 15 is 0 Å². The topological polar surface area (TPSA) is 43.1 Å². The van der Waals surface area contributed by atoms with Gasteiger partial charge in [0.1, 0.15) is 10.7 Å². The number of benzene rings is 1. The Labute approximate surface area is 72.7 Å². The molecule has 0 N–H and O–H groups in total. The number of hydrogen-bond donors (Lipinski definition) is 0. The van der Waals surface area contributed by atoms with Crippen molar-refractivity contribution in [2.45, 2.75) is 4.90 Å². The molecule has 0 saturated carbocycles. The van der Waals surface area contributed by atoms with Crippen molar-refractivity contribution in [3.05, 3.63) is 34.1 Å². The molecule has 0 fully saturated rings. The Morgan fingerprint density at radius 1 is 1.58 bits per heavy atom. The molecular weight excluding hydrogens is 181 g/mol. The zero-order valence-corrected chi connectivity index (χ0v) is 7.10. The van der Waals surface area contributed by atoms with Crippen molar-refractivity contribution < 1.29 is 9.31 Å². The summed E-state index contributed by atoms with van der Waals surface area (Å²) in [6, 6.07) is 3.82. The van der Waals surface area contributed by atoms with Gasteiger partial charge in [-0.2, -0.15) is 0 Å². The monoisotopic (exact) mass is 187 g/mol. The SMILES string of the molecule is CSc1c(F)cccc1[N+](=O)[O-]. The summed E-state index contributed by atoms with van der Waals surface area (Å²) in [5.74, 6) is -0.545. The number of thioether (sulfide) groups is 1. The minimum Gasteiger partial charge on any atom is -0.258 e. The molecule has 0 aliphatic rings. The van der Waals surface area contributed by atoms with Crippen molar-refractivity contribution in [3.63, 3.8) is 0 Å². The van der Waals surface area contributed by atoms with E-state index in [0.717, 1.165) is 11.8 Å². The summed E-state index contributed by atoms with van der Waals surface area (Å²) in [6.45, 7) is 0. The molecule has 5 heteroatoms. The first-order valence-corrected chi connectivity index (χ1v) is 4.36. The maximum Gasteiger partial charge on any atom is 0.285 e. The quantitative estimate of drug-likeness (QED) is 0.405. The van der Waals surface area contributed by atoms with E-state index in [4.69, 9.17) is 0 Å². The van der Waals surface area contributed by atoms with Crippen LogP contribution in [0.2, 0.25) is 0 Å². The number of rotatable bonds is 2. The van der Waals surface area contributed by atoms with Gasteiger partial charge in [-0.3, -0.25) is 10.1 Å². The standard InChI is InChI=1S/C7H6FNO2S/c1-12-7-5(8)3-2-4-6(7)9(10)11/h2-4H,1H3. The van der Waals surface area contributed by atoms with Crippen LogP contribution in [0, 0.1) is 15.9 Å². The zero-order chi connectivity index (χ0) is 9.14. The van der Waals surface area contributed by atoms with Crippen LogP contribution in [0.3, 0.4) is 0 Å². The highest BCUT2D eigenvalue weighted by atomic mass is 32.2. The second-order valence-corrected chi connectivity index (χ2v) is 2.87. The van der Waals surface area contributed by atoms with Crippen LogP contribution in [0.15, 0.2) is 23.1 Å². The lowest BCUT2D eigenvalue weighted by Gasteiger charge is -1.98. The van der Waals surface area contributed by atoms with E-state index in [9.17, 15) is 14.5 Å². The van der Waals surface area contributed by atoms with E-state index in [1.807, 2.05) is 0 Å². The fourth-order valence-corrected chi connectivity index (χ4v) is 1.46. The molecule has 0 heterocycles. The third kappa shape index (κ3) is 1.55. The van der Waals surface area contributed by atoms with Gasteiger partial charge in [-0.05, 0) is 12.3 Å². The third-order valence-corrected chi connectivity index (χ3v) is 2.16. The van der Waals surface area contributed by atoms with Crippen LogP contribution in [-0.4, -0.2) is 11.2 Å². The van der Waals surface area contributed by atoms with Crippen LogP contribution in [-0.2, 0) is 0 Å². The van der Waals surface area contributed by atoms with Gasteiger partial charge in [0.15, 0.2) is 0 Å². The normalized spacial score (nSPS) is 9.83. The van der Waals surface area contributed by atoms with E-state index in [1.54, 1.807) is 6.26 Å². The number of halogens is 1. The molecule has 0 atom stereocenters. The molecule has 0 spiro atoms. The highest BCUT2D eigenvalue weighted by Gasteiger charge is 2.15. The molecule has 1 aromatic carbocycles. The Hall–Kier alpha value is -1.10. The minimum atomic E-state index is -0.588. The smallest absolute Gasteiger partial charge is 0.258 e. The Kier molecular flexibility index (Phi) is 2.65. The summed E-state index contributed by atoms with van der Waals surface area (Å²) < 4.78 is 12.9. The fourth-order valence-electron chi connectivity index (χ4n) is 0.843. The van der Waals surface area contributed by atoms with Crippen LogP contribution in [0.1, 0.15) is 0 Å². The molecule has 0 amide bonds. The summed E-state index contributed by atoms with van der Waals surface area (Å²) in [4.78, 5) is 9.86. The Balaban J connectivity index is 3.27. The maximum atomic E-state index is 12.9. The van der Waals surface area contributed by atoms with Crippen molar-refractivity contribution in [2.24, 2.45) is 0 Å². The summed E-state index contributed by atoms with van der Waals surface area (Å²) in [7, 11) is 0. The molecule has 1 rings (SSSR count). The van der Waals surface area contributed by atoms with E-state index in [1.165, 1.54) is 18.2 Å². The average molecular weight is 187 g/mol. The molecule has 0 bridgehead atoms. The molecule has 0 radical (unpaired) electrons. The predicted octanol–water partition coefficient (Wildman–Crippen LogP) is 2.46. The highest BCUT2D eigenvalue weighted by Crippen LogP contribution is 2.29. The lowest BCUT2D eigenvalue weighted by atomic mass is 10.3. The van der Waals surface area contributed by atoms with Gasteiger partial charge in [-0.25, -0.2) is 4.39 Å². The van der Waals surface area contributed by atoms with Crippen LogP contribution in [0.25, 0.3) is 0 Å². The van der Waals surface area contributed by atoms with Gasteiger partial charge in [0.2, 0.25) is 0 Å². The zero-order valence-electron chi connectivity index (χ0n) is 6.28. The molecule has 0 aliphatic heterocycles. The van der Waals surface area contributed by atoms with Gasteiger partial charge in [-0.1, -0.05) is 6.07 Å². The lowest BCUT2D eigenvalue weighted by Crippen LogP contribution is -1.92. The molecule has 12 heavy (non-hydrogen) atoms. The van der Waals surface area contributed by atoms with Gasteiger partial charge in [0.05, 0.1) is 4.92 Å². The summed E-state index contributed by atoms with van der Waals surface area (Å²) >= 11 is 1.03. The summed E-state index contributed by atoms with van der Waals surface area (Å²) in [5, 5.41) is 10.4.